The van der Waals surface area contributed by atoms with Crippen molar-refractivity contribution in [2.75, 3.05) is 18.6 Å². The van der Waals surface area contributed by atoms with Gasteiger partial charge in [0.1, 0.15) is 27.7 Å². The second-order valence-electron chi connectivity index (χ2n) is 8.64. The third kappa shape index (κ3) is 8.41. The maximum atomic E-state index is 14.6. The third-order valence-electron chi connectivity index (χ3n) is 5.70. The molecular weight excluding hydrogens is 558 g/mol. The fourth-order valence-corrected chi connectivity index (χ4v) is 4.96. The molecule has 3 aromatic rings. The lowest BCUT2D eigenvalue weighted by Crippen LogP contribution is -2.28. The topological polar surface area (TPSA) is 111 Å². The summed E-state index contributed by atoms with van der Waals surface area (Å²) >= 11 is 1.06. The van der Waals surface area contributed by atoms with Gasteiger partial charge in [-0.25, -0.2) is 17.8 Å². The molecule has 1 amide bonds. The third-order valence-corrected chi connectivity index (χ3v) is 7.88. The molecule has 0 radical (unpaired) electrons. The van der Waals surface area contributed by atoms with E-state index in [-0.39, 0.29) is 29.3 Å². The smallest absolute Gasteiger partial charge is 0.433 e. The Morgan fingerprint density at radius 3 is 2.44 bits per heavy atom. The number of para-hydroxylation sites is 1. The Hall–Kier alpha value is -3.16. The predicted molar refractivity (Wildman–Crippen MR) is 140 cm³/mol. The van der Waals surface area contributed by atoms with Crippen molar-refractivity contribution >= 4 is 27.5 Å². The Labute approximate surface area is 228 Å². The number of aromatic nitrogens is 1. The molecule has 2 aromatic carbocycles. The van der Waals surface area contributed by atoms with Crippen LogP contribution in [-0.4, -0.2) is 37.9 Å². The van der Waals surface area contributed by atoms with Gasteiger partial charge in [-0.15, -0.1) is 11.8 Å². The van der Waals surface area contributed by atoms with Gasteiger partial charge in [-0.2, -0.15) is 13.2 Å². The molecule has 1 heterocycles. The molecule has 210 valence electrons. The zero-order chi connectivity index (χ0) is 28.8. The van der Waals surface area contributed by atoms with Crippen molar-refractivity contribution < 1.29 is 35.5 Å². The SMILES string of the molecule is CC(C(=O)NCc1ccc(C(F)(F)F)nc1SCCOc1ccccc1)c1ccc(C(N)S(C)(=O)=O)c(F)c1. The number of benzene rings is 2. The molecule has 0 spiro atoms. The van der Waals surface area contributed by atoms with E-state index in [0.29, 0.717) is 17.1 Å². The average Bonchev–Trinajstić information content (AvgIpc) is 2.88. The summed E-state index contributed by atoms with van der Waals surface area (Å²) in [5.74, 6) is -1.30. The summed E-state index contributed by atoms with van der Waals surface area (Å²) < 4.78 is 83.2. The fourth-order valence-electron chi connectivity index (χ4n) is 3.46. The van der Waals surface area contributed by atoms with Gasteiger partial charge >= 0.3 is 6.18 Å². The standard InChI is InChI=1S/C26H27F4N3O4S2/c1-16(17-8-10-20(21(27)14-17)23(31)39(2,35)36)24(34)32-15-18-9-11-22(26(28,29)30)33-25(18)38-13-12-37-19-6-4-3-5-7-19/h3-11,14,16,23H,12-13,15,31H2,1-2H3,(H,32,34). The number of pyridine rings is 1. The molecule has 3 N–H and O–H groups in total. The zero-order valence-corrected chi connectivity index (χ0v) is 22.7. The normalized spacial score (nSPS) is 13.5. The molecule has 0 aliphatic carbocycles. The van der Waals surface area contributed by atoms with E-state index in [4.69, 9.17) is 10.5 Å². The second kappa shape index (κ2) is 12.8. The molecule has 1 aromatic heterocycles. The van der Waals surface area contributed by atoms with Crippen LogP contribution in [0.25, 0.3) is 0 Å². The van der Waals surface area contributed by atoms with Crippen molar-refractivity contribution in [1.82, 2.24) is 10.3 Å². The van der Waals surface area contributed by atoms with Gasteiger partial charge in [0.15, 0.2) is 9.84 Å². The fraction of sp³-hybridized carbons (Fsp3) is 0.308. The van der Waals surface area contributed by atoms with Gasteiger partial charge in [-0.3, -0.25) is 4.79 Å². The number of nitrogens with zero attached hydrogens (tertiary/aromatic N) is 1. The highest BCUT2D eigenvalue weighted by molar-refractivity contribution is 7.99. The van der Waals surface area contributed by atoms with Crippen LogP contribution in [0, 0.1) is 5.82 Å². The van der Waals surface area contributed by atoms with Crippen molar-refractivity contribution in [2.24, 2.45) is 5.73 Å². The van der Waals surface area contributed by atoms with E-state index in [0.717, 1.165) is 30.2 Å². The van der Waals surface area contributed by atoms with E-state index in [1.54, 1.807) is 24.3 Å². The molecule has 0 fully saturated rings. The molecule has 2 unspecified atom stereocenters. The van der Waals surface area contributed by atoms with Gasteiger partial charge in [-0.05, 0) is 36.8 Å². The number of carbonyl (C=O) groups is 1. The lowest BCUT2D eigenvalue weighted by atomic mass is 9.98. The molecule has 3 rings (SSSR count). The first-order chi connectivity index (χ1) is 18.3. The Balaban J connectivity index is 1.68. The minimum atomic E-state index is -4.64. The molecule has 0 saturated heterocycles. The number of rotatable bonds is 11. The molecule has 2 atom stereocenters. The largest absolute Gasteiger partial charge is 0.493 e. The predicted octanol–water partition coefficient (Wildman–Crippen LogP) is 4.83. The summed E-state index contributed by atoms with van der Waals surface area (Å²) in [5.41, 5.74) is 4.97. The summed E-state index contributed by atoms with van der Waals surface area (Å²) in [6.45, 7) is 1.62. The molecule has 39 heavy (non-hydrogen) atoms. The number of halogens is 4. The summed E-state index contributed by atoms with van der Waals surface area (Å²) in [6.07, 6.45) is -3.75. The van der Waals surface area contributed by atoms with E-state index in [1.165, 1.54) is 25.1 Å². The summed E-state index contributed by atoms with van der Waals surface area (Å²) in [7, 11) is -3.73. The number of sulfone groups is 1. The van der Waals surface area contributed by atoms with Gasteiger partial charge in [0.2, 0.25) is 5.91 Å². The van der Waals surface area contributed by atoms with E-state index in [1.807, 2.05) is 6.07 Å². The number of ether oxygens (including phenoxy) is 1. The minimum absolute atomic E-state index is 0.0969. The summed E-state index contributed by atoms with van der Waals surface area (Å²) in [4.78, 5) is 16.5. The number of alkyl halides is 3. The minimum Gasteiger partial charge on any atom is -0.493 e. The quantitative estimate of drug-likeness (QED) is 0.188. The maximum absolute atomic E-state index is 14.6. The Morgan fingerprint density at radius 1 is 1.13 bits per heavy atom. The number of thioether (sulfide) groups is 1. The highest BCUT2D eigenvalue weighted by Crippen LogP contribution is 2.31. The second-order valence-corrected chi connectivity index (χ2v) is 11.9. The number of hydrogen-bond donors (Lipinski definition) is 2. The monoisotopic (exact) mass is 585 g/mol. The molecule has 0 aliphatic rings. The Bertz CT molecular complexity index is 1400. The number of hydrogen-bond acceptors (Lipinski definition) is 7. The lowest BCUT2D eigenvalue weighted by molar-refractivity contribution is -0.141. The van der Waals surface area contributed by atoms with Crippen LogP contribution in [-0.2, 0) is 27.4 Å². The van der Waals surface area contributed by atoms with Crippen LogP contribution >= 0.6 is 11.8 Å². The number of nitrogens with one attached hydrogen (secondary N) is 1. The van der Waals surface area contributed by atoms with Crippen LogP contribution in [0.15, 0.2) is 65.7 Å². The number of nitrogens with two attached hydrogens (primary N) is 1. The molecular formula is C26H27F4N3O4S2. The van der Waals surface area contributed by atoms with Crippen LogP contribution in [0.4, 0.5) is 17.6 Å². The Morgan fingerprint density at radius 2 is 1.82 bits per heavy atom. The highest BCUT2D eigenvalue weighted by atomic mass is 32.2. The first kappa shape index (κ1) is 30.4. The highest BCUT2D eigenvalue weighted by Gasteiger charge is 2.33. The van der Waals surface area contributed by atoms with E-state index >= 15 is 0 Å². The van der Waals surface area contributed by atoms with Crippen molar-refractivity contribution in [2.45, 2.75) is 36.0 Å². The lowest BCUT2D eigenvalue weighted by Gasteiger charge is -2.17. The average molecular weight is 586 g/mol. The van der Waals surface area contributed by atoms with Crippen molar-refractivity contribution in [3.05, 3.63) is 88.9 Å². The molecule has 13 heteroatoms. The van der Waals surface area contributed by atoms with E-state index in [2.05, 4.69) is 10.3 Å². The first-order valence-electron chi connectivity index (χ1n) is 11.7. The van der Waals surface area contributed by atoms with Crippen LogP contribution in [0.5, 0.6) is 5.75 Å². The first-order valence-corrected chi connectivity index (χ1v) is 14.6. The van der Waals surface area contributed by atoms with Crippen molar-refractivity contribution in [1.29, 1.82) is 0 Å². The number of carbonyl (C=O) groups excluding carboxylic acids is 1. The zero-order valence-electron chi connectivity index (χ0n) is 21.0. The van der Waals surface area contributed by atoms with Gasteiger partial charge in [0, 0.05) is 29.7 Å². The van der Waals surface area contributed by atoms with E-state index < -0.39 is 44.7 Å². The maximum Gasteiger partial charge on any atom is 0.433 e. The molecule has 7 nitrogen and oxygen atoms in total. The van der Waals surface area contributed by atoms with Crippen LogP contribution in [0.2, 0.25) is 0 Å². The van der Waals surface area contributed by atoms with E-state index in [9.17, 15) is 30.8 Å². The van der Waals surface area contributed by atoms with Gasteiger partial charge in [-0.1, -0.05) is 36.4 Å². The van der Waals surface area contributed by atoms with Gasteiger partial charge in [0.25, 0.3) is 0 Å². The van der Waals surface area contributed by atoms with Crippen LogP contribution in [0.1, 0.15) is 40.6 Å². The van der Waals surface area contributed by atoms with Crippen molar-refractivity contribution in [3.8, 4) is 5.75 Å². The molecule has 0 aliphatic heterocycles. The Kier molecular flexibility index (Phi) is 9.97. The van der Waals surface area contributed by atoms with Crippen LogP contribution < -0.4 is 15.8 Å². The number of amides is 1. The van der Waals surface area contributed by atoms with Gasteiger partial charge in [0.05, 0.1) is 12.5 Å². The molecule has 0 bridgehead atoms. The van der Waals surface area contributed by atoms with Gasteiger partial charge < -0.3 is 15.8 Å². The van der Waals surface area contributed by atoms with Crippen molar-refractivity contribution in [3.63, 3.8) is 0 Å². The molecule has 0 saturated carbocycles. The van der Waals surface area contributed by atoms with Crippen LogP contribution in [0.3, 0.4) is 0 Å². The summed E-state index contributed by atoms with van der Waals surface area (Å²) in [6, 6.07) is 14.7. The summed E-state index contributed by atoms with van der Waals surface area (Å²) in [5, 5.41) is 1.20.